The quantitative estimate of drug-likeness (QED) is 0.553. The SMILES string of the molecule is Cc1nc(NS(C)(=O)=O)sc1C(=O)N1CC(C(=O)NCc2ccccc2)Oc2ccccc21. The molecule has 0 radical (unpaired) electrons. The van der Waals surface area contributed by atoms with Crippen molar-refractivity contribution in [2.45, 2.75) is 19.6 Å². The molecule has 0 aliphatic carbocycles. The van der Waals surface area contributed by atoms with Crippen LogP contribution < -0.4 is 19.7 Å². The van der Waals surface area contributed by atoms with Crippen LogP contribution in [0.25, 0.3) is 0 Å². The molecule has 2 aromatic carbocycles. The Morgan fingerprint density at radius 2 is 1.85 bits per heavy atom. The fraction of sp³-hybridized carbons (Fsp3) is 0.227. The van der Waals surface area contributed by atoms with Crippen molar-refractivity contribution in [1.29, 1.82) is 0 Å². The van der Waals surface area contributed by atoms with Crippen molar-refractivity contribution < 1.29 is 22.7 Å². The van der Waals surface area contributed by atoms with Crippen molar-refractivity contribution in [3.8, 4) is 5.75 Å². The maximum atomic E-state index is 13.4. The summed E-state index contributed by atoms with van der Waals surface area (Å²) in [7, 11) is -3.53. The summed E-state index contributed by atoms with van der Waals surface area (Å²) in [5, 5.41) is 2.96. The number of carbonyl (C=O) groups is 2. The molecule has 1 aliphatic heterocycles. The number of ether oxygens (including phenoxy) is 1. The minimum Gasteiger partial charge on any atom is -0.477 e. The lowest BCUT2D eigenvalue weighted by atomic mass is 10.1. The first-order valence-electron chi connectivity index (χ1n) is 10.1. The Kier molecular flexibility index (Phi) is 6.34. The average molecular weight is 487 g/mol. The molecule has 0 fully saturated rings. The van der Waals surface area contributed by atoms with Crippen molar-refractivity contribution in [2.24, 2.45) is 0 Å². The number of rotatable bonds is 6. The Bertz CT molecular complexity index is 1290. The zero-order valence-electron chi connectivity index (χ0n) is 17.9. The van der Waals surface area contributed by atoms with Crippen LogP contribution in [0, 0.1) is 6.92 Å². The van der Waals surface area contributed by atoms with Gasteiger partial charge in [-0.05, 0) is 24.6 Å². The molecule has 1 aliphatic rings. The van der Waals surface area contributed by atoms with E-state index in [2.05, 4.69) is 15.0 Å². The number of carbonyl (C=O) groups excluding carboxylic acids is 2. The molecule has 1 atom stereocenters. The summed E-state index contributed by atoms with van der Waals surface area (Å²) in [4.78, 5) is 32.2. The lowest BCUT2D eigenvalue weighted by Gasteiger charge is -2.34. The zero-order valence-corrected chi connectivity index (χ0v) is 19.6. The number of hydrogen-bond acceptors (Lipinski definition) is 7. The Balaban J connectivity index is 1.57. The van der Waals surface area contributed by atoms with Gasteiger partial charge in [0.15, 0.2) is 11.2 Å². The summed E-state index contributed by atoms with van der Waals surface area (Å²) in [6, 6.07) is 16.4. The number of hydrogen-bond donors (Lipinski definition) is 2. The predicted octanol–water partition coefficient (Wildman–Crippen LogP) is 2.55. The van der Waals surface area contributed by atoms with Crippen molar-refractivity contribution in [1.82, 2.24) is 10.3 Å². The lowest BCUT2D eigenvalue weighted by molar-refractivity contribution is -0.127. The highest BCUT2D eigenvalue weighted by atomic mass is 32.2. The van der Waals surface area contributed by atoms with Gasteiger partial charge in [0.05, 0.1) is 24.2 Å². The molecule has 33 heavy (non-hydrogen) atoms. The number of thiazole rings is 1. The van der Waals surface area contributed by atoms with Crippen LogP contribution in [0.4, 0.5) is 10.8 Å². The highest BCUT2D eigenvalue weighted by Gasteiger charge is 2.35. The fourth-order valence-corrected chi connectivity index (χ4v) is 5.13. The summed E-state index contributed by atoms with van der Waals surface area (Å²) in [5.74, 6) is -0.316. The van der Waals surface area contributed by atoms with E-state index in [-0.39, 0.29) is 28.4 Å². The number of nitrogens with zero attached hydrogens (tertiary/aromatic N) is 2. The Labute approximate surface area is 195 Å². The van der Waals surface area contributed by atoms with E-state index in [0.717, 1.165) is 23.2 Å². The lowest BCUT2D eigenvalue weighted by Crippen LogP contribution is -2.50. The maximum absolute atomic E-state index is 13.4. The van der Waals surface area contributed by atoms with Crippen molar-refractivity contribution in [3.63, 3.8) is 0 Å². The van der Waals surface area contributed by atoms with Crippen LogP contribution in [-0.2, 0) is 21.4 Å². The standard InChI is InChI=1S/C22H22N4O5S2/c1-14-19(32-22(24-14)25-33(2,29)30)21(28)26-13-18(31-17-11-7-6-10-16(17)26)20(27)23-12-15-8-4-3-5-9-15/h3-11,18H,12-13H2,1-2H3,(H,23,27)(H,24,25). The average Bonchev–Trinajstić information content (AvgIpc) is 3.15. The van der Waals surface area contributed by atoms with E-state index in [9.17, 15) is 18.0 Å². The molecule has 0 bridgehead atoms. The summed E-state index contributed by atoms with van der Waals surface area (Å²) in [5.41, 5.74) is 1.87. The number of para-hydroxylation sites is 2. The van der Waals surface area contributed by atoms with Gasteiger partial charge in [-0.2, -0.15) is 0 Å². The van der Waals surface area contributed by atoms with Crippen LogP contribution >= 0.6 is 11.3 Å². The smallest absolute Gasteiger partial charge is 0.270 e. The molecule has 0 saturated carbocycles. The zero-order chi connectivity index (χ0) is 23.6. The van der Waals surface area contributed by atoms with Gasteiger partial charge < -0.3 is 10.1 Å². The topological polar surface area (TPSA) is 118 Å². The van der Waals surface area contributed by atoms with Crippen LogP contribution in [0.2, 0.25) is 0 Å². The number of aryl methyl sites for hydroxylation is 1. The summed E-state index contributed by atoms with van der Waals surface area (Å²) < 4.78 is 31.3. The predicted molar refractivity (Wildman–Crippen MR) is 126 cm³/mol. The van der Waals surface area contributed by atoms with E-state index >= 15 is 0 Å². The van der Waals surface area contributed by atoms with Crippen LogP contribution in [-0.4, -0.2) is 44.1 Å². The van der Waals surface area contributed by atoms with Crippen LogP contribution in [0.1, 0.15) is 20.9 Å². The molecule has 3 aromatic rings. The third kappa shape index (κ3) is 5.32. The molecule has 1 unspecified atom stereocenters. The molecule has 4 rings (SSSR count). The van der Waals surface area contributed by atoms with E-state index in [1.807, 2.05) is 30.3 Å². The molecule has 2 amide bonds. The summed E-state index contributed by atoms with van der Waals surface area (Å²) in [6.45, 7) is 1.97. The van der Waals surface area contributed by atoms with Crippen molar-refractivity contribution in [3.05, 3.63) is 70.7 Å². The van der Waals surface area contributed by atoms with Crippen LogP contribution in [0.15, 0.2) is 54.6 Å². The van der Waals surface area contributed by atoms with Gasteiger partial charge in [0.1, 0.15) is 10.6 Å². The minimum atomic E-state index is -3.53. The highest BCUT2D eigenvalue weighted by molar-refractivity contribution is 7.92. The Morgan fingerprint density at radius 1 is 1.15 bits per heavy atom. The van der Waals surface area contributed by atoms with Gasteiger partial charge in [0.25, 0.3) is 11.8 Å². The molecule has 2 N–H and O–H groups in total. The van der Waals surface area contributed by atoms with Gasteiger partial charge in [-0.3, -0.25) is 19.2 Å². The van der Waals surface area contributed by atoms with Gasteiger partial charge in [0.2, 0.25) is 10.0 Å². The number of aromatic nitrogens is 1. The third-order valence-electron chi connectivity index (χ3n) is 4.88. The molecule has 1 aromatic heterocycles. The fourth-order valence-electron chi connectivity index (χ4n) is 3.38. The normalized spacial score (nSPS) is 15.3. The molecule has 2 heterocycles. The first kappa shape index (κ1) is 22.7. The van der Waals surface area contributed by atoms with Crippen molar-refractivity contribution in [2.75, 3.05) is 22.4 Å². The highest BCUT2D eigenvalue weighted by Crippen LogP contribution is 2.35. The largest absolute Gasteiger partial charge is 0.477 e. The number of nitrogens with one attached hydrogen (secondary N) is 2. The first-order valence-corrected chi connectivity index (χ1v) is 12.8. The molecular formula is C22H22N4O5S2. The molecule has 172 valence electrons. The van der Waals surface area contributed by atoms with Gasteiger partial charge in [-0.1, -0.05) is 53.8 Å². The van der Waals surface area contributed by atoms with Crippen LogP contribution in [0.5, 0.6) is 5.75 Å². The Hall–Kier alpha value is -3.44. The van der Waals surface area contributed by atoms with E-state index < -0.39 is 16.1 Å². The van der Waals surface area contributed by atoms with Gasteiger partial charge in [-0.15, -0.1) is 0 Å². The van der Waals surface area contributed by atoms with Gasteiger partial charge >= 0.3 is 0 Å². The van der Waals surface area contributed by atoms with Gasteiger partial charge in [0, 0.05) is 6.54 Å². The van der Waals surface area contributed by atoms with E-state index in [1.54, 1.807) is 31.2 Å². The molecule has 9 nitrogen and oxygen atoms in total. The second kappa shape index (κ2) is 9.20. The van der Waals surface area contributed by atoms with Crippen LogP contribution in [0.3, 0.4) is 0 Å². The molecule has 11 heteroatoms. The Morgan fingerprint density at radius 3 is 2.58 bits per heavy atom. The molecule has 0 saturated heterocycles. The minimum absolute atomic E-state index is 0.00263. The summed E-state index contributed by atoms with van der Waals surface area (Å²) in [6.07, 6.45) is 0.108. The number of sulfonamides is 1. The maximum Gasteiger partial charge on any atom is 0.270 e. The number of benzene rings is 2. The third-order valence-corrected chi connectivity index (χ3v) is 6.64. The molecule has 0 spiro atoms. The monoisotopic (exact) mass is 486 g/mol. The van der Waals surface area contributed by atoms with E-state index in [1.165, 1.54) is 4.90 Å². The second-order valence-electron chi connectivity index (χ2n) is 7.50. The van der Waals surface area contributed by atoms with E-state index in [4.69, 9.17) is 4.74 Å². The number of amides is 2. The number of fused-ring (bicyclic) bond motifs is 1. The first-order chi connectivity index (χ1) is 15.7. The van der Waals surface area contributed by atoms with Gasteiger partial charge in [-0.25, -0.2) is 13.4 Å². The molecular weight excluding hydrogens is 464 g/mol. The second-order valence-corrected chi connectivity index (χ2v) is 10.2. The van der Waals surface area contributed by atoms with Crippen molar-refractivity contribution >= 4 is 44.0 Å². The number of anilines is 2. The summed E-state index contributed by atoms with van der Waals surface area (Å²) >= 11 is 0.946. The van der Waals surface area contributed by atoms with E-state index in [0.29, 0.717) is 23.7 Å².